The third-order valence-corrected chi connectivity index (χ3v) is 8.10. The number of aliphatic hydroxyl groups is 3. The number of carbonyl (C=O) groups excluding carboxylic acids is 1. The second-order valence-corrected chi connectivity index (χ2v) is 12.8. The smallest absolute Gasteiger partial charge is 0.397 e. The summed E-state index contributed by atoms with van der Waals surface area (Å²) in [7, 11) is -5.04. The maximum atomic E-state index is 11.9. The summed E-state index contributed by atoms with van der Waals surface area (Å²) >= 11 is 0. The molecule has 0 bridgehead atoms. The number of ether oxygens (including phenoxy) is 4. The molecule has 0 aliphatic carbocycles. The number of hydrogen-bond donors (Lipinski definition) is 4. The van der Waals surface area contributed by atoms with E-state index >= 15 is 0 Å². The van der Waals surface area contributed by atoms with Crippen LogP contribution < -0.4 is 0 Å². The van der Waals surface area contributed by atoms with Gasteiger partial charge in [-0.1, -0.05) is 95.9 Å². The van der Waals surface area contributed by atoms with Crippen molar-refractivity contribution < 1.29 is 56.2 Å². The van der Waals surface area contributed by atoms with Gasteiger partial charge in [0.1, 0.15) is 30.5 Å². The maximum absolute atomic E-state index is 11.9. The molecule has 1 aliphatic rings. The van der Waals surface area contributed by atoms with Gasteiger partial charge in [0.2, 0.25) is 0 Å². The minimum atomic E-state index is -5.04. The Balaban J connectivity index is 2.21. The molecule has 0 aromatic carbocycles. The standard InChI is InChI=1S/C33H60O12S/c1-3-5-6-7-8-9-10-11-12-13-14-15-16-17-18-19-20-21-22-23-41-25-27(43-29(35)4-2)26-42-33-31(37)32(45-46(38,39)40)30(36)28(24-34)44-33/h9-10,12-13,27-28,30-34,36-37H,3-8,11,14-26H2,1-2H3,(H,38,39,40)/b10-9-,13-12-. The van der Waals surface area contributed by atoms with E-state index in [0.29, 0.717) is 6.61 Å². The van der Waals surface area contributed by atoms with Gasteiger partial charge in [-0.15, -0.1) is 0 Å². The first kappa shape index (κ1) is 42.6. The number of allylic oxidation sites excluding steroid dienone is 4. The molecule has 1 fully saturated rings. The van der Waals surface area contributed by atoms with Gasteiger partial charge in [-0.05, 0) is 38.5 Å². The lowest BCUT2D eigenvalue weighted by Gasteiger charge is -2.41. The quantitative estimate of drug-likeness (QED) is 0.0379. The Morgan fingerprint density at radius 1 is 0.826 bits per heavy atom. The number of rotatable bonds is 28. The van der Waals surface area contributed by atoms with E-state index < -0.39 is 59.8 Å². The van der Waals surface area contributed by atoms with E-state index in [1.54, 1.807) is 6.92 Å². The molecule has 1 rings (SSSR count). The van der Waals surface area contributed by atoms with Crippen LogP contribution in [0.3, 0.4) is 0 Å². The van der Waals surface area contributed by atoms with Crippen LogP contribution in [0.2, 0.25) is 0 Å². The van der Waals surface area contributed by atoms with Gasteiger partial charge in [0.05, 0.1) is 19.8 Å². The van der Waals surface area contributed by atoms with Crippen LogP contribution in [0, 0.1) is 0 Å². The molecular formula is C33H60O12S. The molecule has 46 heavy (non-hydrogen) atoms. The average molecular weight is 681 g/mol. The van der Waals surface area contributed by atoms with Gasteiger partial charge < -0.3 is 34.3 Å². The predicted octanol–water partition coefficient (Wildman–Crippen LogP) is 4.95. The fourth-order valence-corrected chi connectivity index (χ4v) is 5.48. The third kappa shape index (κ3) is 20.7. The second-order valence-electron chi connectivity index (χ2n) is 11.7. The van der Waals surface area contributed by atoms with Gasteiger partial charge in [-0.25, -0.2) is 4.18 Å². The van der Waals surface area contributed by atoms with Crippen LogP contribution in [0.4, 0.5) is 0 Å². The Bertz CT molecular complexity index is 926. The van der Waals surface area contributed by atoms with Crippen molar-refractivity contribution >= 4 is 16.4 Å². The van der Waals surface area contributed by atoms with E-state index in [1.807, 2.05) is 0 Å². The number of carbonyl (C=O) groups is 1. The molecule has 12 nitrogen and oxygen atoms in total. The Morgan fingerprint density at radius 2 is 1.41 bits per heavy atom. The molecule has 1 heterocycles. The van der Waals surface area contributed by atoms with Crippen LogP contribution in [0.1, 0.15) is 117 Å². The normalized spacial score (nSPS) is 23.0. The van der Waals surface area contributed by atoms with Gasteiger partial charge in [0.15, 0.2) is 6.29 Å². The minimum Gasteiger partial charge on any atom is -0.457 e. The molecule has 270 valence electrons. The van der Waals surface area contributed by atoms with Crippen LogP contribution >= 0.6 is 0 Å². The van der Waals surface area contributed by atoms with Crippen molar-refractivity contribution in [2.45, 2.75) is 153 Å². The van der Waals surface area contributed by atoms with Crippen LogP contribution in [0.25, 0.3) is 0 Å². The van der Waals surface area contributed by atoms with Crippen LogP contribution in [-0.4, -0.2) is 97.5 Å². The molecule has 0 aromatic rings. The first-order chi connectivity index (χ1) is 22.1. The summed E-state index contributed by atoms with van der Waals surface area (Å²) in [4.78, 5) is 11.9. The number of aliphatic hydroxyl groups excluding tert-OH is 3. The zero-order valence-electron chi connectivity index (χ0n) is 27.9. The zero-order valence-corrected chi connectivity index (χ0v) is 28.7. The van der Waals surface area contributed by atoms with E-state index in [1.165, 1.54) is 64.2 Å². The van der Waals surface area contributed by atoms with Gasteiger partial charge in [0, 0.05) is 13.0 Å². The van der Waals surface area contributed by atoms with Crippen LogP contribution in [-0.2, 0) is 38.3 Å². The van der Waals surface area contributed by atoms with Gasteiger partial charge in [-0.2, -0.15) is 8.42 Å². The number of hydrogen-bond acceptors (Lipinski definition) is 11. The summed E-state index contributed by atoms with van der Waals surface area (Å²) in [6.07, 6.45) is 17.8. The SMILES string of the molecule is CCCCCC/C=C\C/C=C\CCCCCCCCCCOCC(COC1OC(CO)C(O)C(OS(=O)(=O)O)C1O)OC(=O)CC. The van der Waals surface area contributed by atoms with E-state index in [2.05, 4.69) is 35.4 Å². The second kappa shape index (κ2) is 26.5. The van der Waals surface area contributed by atoms with E-state index in [0.717, 1.165) is 32.1 Å². The summed E-state index contributed by atoms with van der Waals surface area (Å²) in [5.41, 5.74) is 0. The highest BCUT2D eigenvalue weighted by molar-refractivity contribution is 7.80. The predicted molar refractivity (Wildman–Crippen MR) is 174 cm³/mol. The molecule has 13 heteroatoms. The lowest BCUT2D eigenvalue weighted by atomic mass is 9.99. The molecule has 0 radical (unpaired) electrons. The first-order valence-electron chi connectivity index (χ1n) is 17.1. The summed E-state index contributed by atoms with van der Waals surface area (Å²) < 4.78 is 57.6. The lowest BCUT2D eigenvalue weighted by Crippen LogP contribution is -2.60. The average Bonchev–Trinajstić information content (AvgIpc) is 3.02. The van der Waals surface area contributed by atoms with Crippen LogP contribution in [0.15, 0.2) is 24.3 Å². The lowest BCUT2D eigenvalue weighted by molar-refractivity contribution is -0.301. The summed E-state index contributed by atoms with van der Waals surface area (Å²) in [6.45, 7) is 3.33. The van der Waals surface area contributed by atoms with Crippen molar-refractivity contribution in [1.29, 1.82) is 0 Å². The topological polar surface area (TPSA) is 178 Å². The Morgan fingerprint density at radius 3 is 1.98 bits per heavy atom. The largest absolute Gasteiger partial charge is 0.457 e. The fourth-order valence-electron chi connectivity index (χ4n) is 4.97. The molecule has 1 saturated heterocycles. The van der Waals surface area contributed by atoms with Crippen molar-refractivity contribution in [3.63, 3.8) is 0 Å². The molecule has 6 atom stereocenters. The summed E-state index contributed by atoms with van der Waals surface area (Å²) in [5, 5.41) is 30.1. The maximum Gasteiger partial charge on any atom is 0.397 e. The summed E-state index contributed by atoms with van der Waals surface area (Å²) in [6, 6.07) is 0. The molecule has 0 aromatic heterocycles. The zero-order chi connectivity index (χ0) is 34.0. The highest BCUT2D eigenvalue weighted by Crippen LogP contribution is 2.26. The number of esters is 1. The Labute approximate surface area is 276 Å². The molecule has 0 spiro atoms. The Hall–Kier alpha value is -1.42. The first-order valence-corrected chi connectivity index (χ1v) is 18.5. The van der Waals surface area contributed by atoms with Crippen molar-refractivity contribution in [3.8, 4) is 0 Å². The van der Waals surface area contributed by atoms with E-state index in [4.69, 9.17) is 23.5 Å². The molecule has 6 unspecified atom stereocenters. The fraction of sp³-hybridized carbons (Fsp3) is 0.848. The van der Waals surface area contributed by atoms with Crippen molar-refractivity contribution in [2.24, 2.45) is 0 Å². The van der Waals surface area contributed by atoms with Gasteiger partial charge in [0.25, 0.3) is 0 Å². The molecule has 0 saturated carbocycles. The molecule has 1 aliphatic heterocycles. The van der Waals surface area contributed by atoms with Crippen molar-refractivity contribution in [2.75, 3.05) is 26.4 Å². The molecular weight excluding hydrogens is 620 g/mol. The third-order valence-electron chi connectivity index (χ3n) is 7.63. The summed E-state index contributed by atoms with van der Waals surface area (Å²) in [5.74, 6) is -0.491. The van der Waals surface area contributed by atoms with E-state index in [9.17, 15) is 28.5 Å². The minimum absolute atomic E-state index is 0.0232. The van der Waals surface area contributed by atoms with E-state index in [-0.39, 0.29) is 19.6 Å². The van der Waals surface area contributed by atoms with Gasteiger partial charge >= 0.3 is 16.4 Å². The van der Waals surface area contributed by atoms with Crippen molar-refractivity contribution in [3.05, 3.63) is 24.3 Å². The monoisotopic (exact) mass is 680 g/mol. The van der Waals surface area contributed by atoms with Gasteiger partial charge in [-0.3, -0.25) is 9.35 Å². The highest BCUT2D eigenvalue weighted by atomic mass is 32.3. The molecule has 4 N–H and O–H groups in total. The Kier molecular flexibility index (Phi) is 24.6. The number of unbranched alkanes of at least 4 members (excludes halogenated alkanes) is 12. The highest BCUT2D eigenvalue weighted by Gasteiger charge is 2.48. The van der Waals surface area contributed by atoms with Crippen LogP contribution in [0.5, 0.6) is 0 Å². The molecule has 0 amide bonds. The van der Waals surface area contributed by atoms with Crippen molar-refractivity contribution in [1.82, 2.24) is 0 Å².